The topological polar surface area (TPSA) is 277 Å². The van der Waals surface area contributed by atoms with Gasteiger partial charge in [-0.15, -0.1) is 0 Å². The van der Waals surface area contributed by atoms with Gasteiger partial charge in [0.05, 0.1) is 0 Å². The molecule has 0 aromatic heterocycles. The Morgan fingerprint density at radius 3 is 0.294 bits per heavy atom. The Balaban J connectivity index is -0.0000000369. The van der Waals surface area contributed by atoms with Gasteiger partial charge in [0.25, 0.3) is 0 Å². The van der Waals surface area contributed by atoms with E-state index in [1.54, 1.807) is 0 Å². The molecular formula is Br4O12Th. The molecule has 0 amide bonds. The summed E-state index contributed by atoms with van der Waals surface area (Å²) in [5.41, 5.74) is 0. The summed E-state index contributed by atoms with van der Waals surface area (Å²) in [6, 6.07) is 0. The summed E-state index contributed by atoms with van der Waals surface area (Å²) in [5.74, 6) is 0. The average Bonchev–Trinajstić information content (AvgIpc) is 1.76. The SMILES string of the molecule is [O-][Br+2]([O-])[O-].[O-][Br+2]([O-])[O-].[O-][Br+2]([O-])[O-].[O-][Br+2]([O-])[O-].[Th+4]. The number of hydrogen-bond donors (Lipinski definition) is 0. The van der Waals surface area contributed by atoms with Crippen molar-refractivity contribution in [1.29, 1.82) is 0 Å². The molecule has 0 aliphatic carbocycles. The van der Waals surface area contributed by atoms with Crippen LogP contribution in [0.1, 0.15) is 0 Å². The summed E-state index contributed by atoms with van der Waals surface area (Å²) in [6.45, 7) is 0. The van der Waals surface area contributed by atoms with Crippen molar-refractivity contribution < 1.29 is 150 Å². The van der Waals surface area contributed by atoms with Crippen molar-refractivity contribution in [3.63, 3.8) is 0 Å². The van der Waals surface area contributed by atoms with Gasteiger partial charge in [0.1, 0.15) is 0 Å². The summed E-state index contributed by atoms with van der Waals surface area (Å²) < 4.78 is 102. The van der Waals surface area contributed by atoms with Gasteiger partial charge in [-0.05, 0) is 0 Å². The molecule has 0 aromatic carbocycles. The van der Waals surface area contributed by atoms with Crippen LogP contribution in [0.25, 0.3) is 0 Å². The normalized spacial score (nSPS) is 8.47. The molecule has 0 fully saturated rings. The van der Waals surface area contributed by atoms with Crippen LogP contribution in [0.2, 0.25) is 0 Å². The van der Waals surface area contributed by atoms with Crippen LogP contribution in [-0.2, 0) is 0 Å². The molecule has 0 unspecified atom stereocenters. The second kappa shape index (κ2) is 27.2. The van der Waals surface area contributed by atoms with Gasteiger partial charge in [-0.2, -0.15) is 0 Å². The Kier molecular flexibility index (Phi) is 51.0. The van der Waals surface area contributed by atoms with E-state index in [2.05, 4.69) is 0 Å². The number of halogens is 4. The minimum absolute atomic E-state index is 0. The van der Waals surface area contributed by atoms with E-state index in [-0.39, 0.29) is 39.9 Å². The first-order valence-electron chi connectivity index (χ1n) is 1.85. The third-order valence-corrected chi connectivity index (χ3v) is 0. The summed E-state index contributed by atoms with van der Waals surface area (Å²) in [4.78, 5) is 0. The Morgan fingerprint density at radius 1 is 0.294 bits per heavy atom. The molecule has 0 aliphatic heterocycles. The Morgan fingerprint density at radius 2 is 0.294 bits per heavy atom. The molecule has 0 saturated carbocycles. The second-order valence-corrected chi connectivity index (χ2v) is 3.93. The Bertz CT molecular complexity index is 61.5. The molecule has 0 aromatic rings. The predicted octanol–water partition coefficient (Wildman–Crippen LogP) is -14.3. The number of hydrogen-bond acceptors (Lipinski definition) is 12. The van der Waals surface area contributed by atoms with Gasteiger partial charge in [0.15, 0.2) is 0 Å². The third kappa shape index (κ3) is 690. The molecule has 0 radical (unpaired) electrons. The molecule has 0 rings (SSSR count). The molecule has 17 heavy (non-hydrogen) atoms. The Labute approximate surface area is 147 Å². The van der Waals surface area contributed by atoms with E-state index in [0.29, 0.717) is 0 Å². The van der Waals surface area contributed by atoms with E-state index in [1.807, 2.05) is 0 Å². The molecule has 0 spiro atoms. The molecule has 0 saturated heterocycles. The Hall–Kier alpha value is 2.76. The van der Waals surface area contributed by atoms with Gasteiger partial charge in [-0.3, -0.25) is 0 Å². The second-order valence-electron chi connectivity index (χ2n) is 0.756. The van der Waals surface area contributed by atoms with Crippen molar-refractivity contribution in [2.75, 3.05) is 0 Å². The van der Waals surface area contributed by atoms with E-state index in [0.717, 1.165) is 0 Å². The van der Waals surface area contributed by atoms with Crippen LogP contribution in [-0.4, -0.2) is 0 Å². The van der Waals surface area contributed by atoms with Gasteiger partial charge in [0.2, 0.25) is 59.3 Å². The molecule has 17 heteroatoms. The first kappa shape index (κ1) is 31.9. The van der Waals surface area contributed by atoms with Crippen molar-refractivity contribution in [2.24, 2.45) is 0 Å². The van der Waals surface area contributed by atoms with Crippen LogP contribution < -0.4 is 50.4 Å². The predicted molar refractivity (Wildman–Crippen MR) is 0 cm³/mol. The third-order valence-electron chi connectivity index (χ3n) is 0. The van der Waals surface area contributed by atoms with Crippen LogP contribution in [0.4, 0.5) is 0 Å². The molecule has 104 valence electrons. The van der Waals surface area contributed by atoms with Crippen LogP contribution in [0.5, 0.6) is 0 Å². The first-order chi connectivity index (χ1) is 6.93. The van der Waals surface area contributed by atoms with Crippen molar-refractivity contribution in [3.8, 4) is 0 Å². The van der Waals surface area contributed by atoms with Crippen LogP contribution in [0.15, 0.2) is 0 Å². The maximum Gasteiger partial charge on any atom is 4.00 e. The largest absolute Gasteiger partial charge is 4.00 e. The zero-order valence-corrected chi connectivity index (χ0v) is 17.4. The van der Waals surface area contributed by atoms with Gasteiger partial charge >= 0.3 is 39.9 Å². The monoisotopic (exact) mass is 740 g/mol. The van der Waals surface area contributed by atoms with Crippen molar-refractivity contribution in [1.82, 2.24) is 0 Å². The molecule has 0 N–H and O–H groups in total. The van der Waals surface area contributed by atoms with Gasteiger partial charge in [-0.25, -0.2) is 0 Å². The maximum absolute atomic E-state index is 8.52. The van der Waals surface area contributed by atoms with E-state index < -0.39 is 59.3 Å². The van der Waals surface area contributed by atoms with Crippen molar-refractivity contribution in [2.45, 2.75) is 0 Å². The summed E-state index contributed by atoms with van der Waals surface area (Å²) in [6.07, 6.45) is 0. The van der Waals surface area contributed by atoms with E-state index in [4.69, 9.17) is 50.4 Å². The zero-order chi connectivity index (χ0) is 14.3. The quantitative estimate of drug-likeness (QED) is 0.224. The molecule has 0 aliphatic rings. The molecule has 0 heterocycles. The van der Waals surface area contributed by atoms with Crippen LogP contribution in [0.3, 0.4) is 0 Å². The average molecular weight is 744 g/mol. The van der Waals surface area contributed by atoms with Crippen LogP contribution in [0, 0.1) is 99.2 Å². The van der Waals surface area contributed by atoms with Gasteiger partial charge in [0, 0.05) is 0 Å². The molecule has 0 atom stereocenters. The van der Waals surface area contributed by atoms with Crippen molar-refractivity contribution >= 4 is 0 Å². The fraction of sp³-hybridized carbons (Fsp3) is 0. The standard InChI is InChI=1S/4BrO3.Th/c4*2-1(3)4;/q4*-1;+4. The first-order valence-corrected chi connectivity index (χ1v) is 9.62. The van der Waals surface area contributed by atoms with Gasteiger partial charge < -0.3 is 50.4 Å². The van der Waals surface area contributed by atoms with E-state index in [1.165, 1.54) is 0 Å². The molecular weight excluding hydrogens is 744 g/mol. The van der Waals surface area contributed by atoms with E-state index in [9.17, 15) is 0 Å². The zero-order valence-electron chi connectivity index (χ0n) is 6.91. The smallest absolute Gasteiger partial charge is 0.405 e. The van der Waals surface area contributed by atoms with Crippen LogP contribution >= 0.6 is 0 Å². The summed E-state index contributed by atoms with van der Waals surface area (Å²) >= 11 is -14.6. The fourth-order valence-electron chi connectivity index (χ4n) is 0. The van der Waals surface area contributed by atoms with E-state index >= 15 is 0 Å². The maximum atomic E-state index is 8.52. The molecule has 0 bridgehead atoms. The summed E-state index contributed by atoms with van der Waals surface area (Å²) in [5, 5.41) is 0. The fourth-order valence-corrected chi connectivity index (χ4v) is 0. The minimum atomic E-state index is -3.65. The summed E-state index contributed by atoms with van der Waals surface area (Å²) in [7, 11) is 0. The minimum Gasteiger partial charge on any atom is -0.405 e. The number of rotatable bonds is 0. The van der Waals surface area contributed by atoms with Gasteiger partial charge in [-0.1, -0.05) is 0 Å². The van der Waals surface area contributed by atoms with Crippen molar-refractivity contribution in [3.05, 3.63) is 0 Å². The molecule has 12 nitrogen and oxygen atoms in total.